The Morgan fingerprint density at radius 3 is 2.39 bits per heavy atom. The van der Waals surface area contributed by atoms with Gasteiger partial charge in [0.2, 0.25) is 10.0 Å². The van der Waals surface area contributed by atoms with Crippen LogP contribution in [0.2, 0.25) is 5.15 Å². The molecule has 18 heavy (non-hydrogen) atoms. The van der Waals surface area contributed by atoms with Gasteiger partial charge in [-0.2, -0.15) is 4.31 Å². The molecule has 1 saturated heterocycles. The first-order chi connectivity index (χ1) is 8.39. The van der Waals surface area contributed by atoms with Gasteiger partial charge in [-0.05, 0) is 6.92 Å². The second kappa shape index (κ2) is 4.99. The summed E-state index contributed by atoms with van der Waals surface area (Å²) in [4.78, 5) is 10.2. The van der Waals surface area contributed by atoms with Gasteiger partial charge in [-0.15, -0.1) is 0 Å². The van der Waals surface area contributed by atoms with Crippen molar-refractivity contribution in [2.75, 3.05) is 37.3 Å². The number of hydrogen-bond acceptors (Lipinski definition) is 5. The molecular weight excluding hydrogens is 276 g/mol. The van der Waals surface area contributed by atoms with Crippen molar-refractivity contribution in [1.29, 1.82) is 0 Å². The van der Waals surface area contributed by atoms with Crippen molar-refractivity contribution in [2.45, 2.75) is 6.92 Å². The molecule has 0 bridgehead atoms. The number of sulfonamides is 1. The van der Waals surface area contributed by atoms with Crippen molar-refractivity contribution in [3.63, 3.8) is 0 Å². The maximum absolute atomic E-state index is 11.4. The maximum atomic E-state index is 11.4. The number of anilines is 1. The second-order valence-corrected chi connectivity index (χ2v) is 6.60. The van der Waals surface area contributed by atoms with Crippen LogP contribution in [-0.2, 0) is 10.0 Å². The SMILES string of the molecule is Cc1c(Cl)ncnc1N1CCN(S(C)(=O)=O)CC1. The minimum absolute atomic E-state index is 0.436. The van der Waals surface area contributed by atoms with Crippen molar-refractivity contribution in [3.8, 4) is 0 Å². The lowest BCUT2D eigenvalue weighted by molar-refractivity contribution is 0.386. The van der Waals surface area contributed by atoms with E-state index in [1.54, 1.807) is 0 Å². The number of halogens is 1. The molecule has 0 unspecified atom stereocenters. The molecule has 1 fully saturated rings. The molecule has 0 atom stereocenters. The number of rotatable bonds is 2. The molecule has 0 N–H and O–H groups in total. The van der Waals surface area contributed by atoms with Gasteiger partial charge < -0.3 is 4.90 Å². The molecule has 1 aromatic heterocycles. The molecule has 1 aliphatic rings. The molecule has 1 aliphatic heterocycles. The topological polar surface area (TPSA) is 66.4 Å². The highest BCUT2D eigenvalue weighted by atomic mass is 35.5. The summed E-state index contributed by atoms with van der Waals surface area (Å²) in [6.45, 7) is 4.03. The van der Waals surface area contributed by atoms with Crippen molar-refractivity contribution < 1.29 is 8.42 Å². The minimum atomic E-state index is -3.10. The van der Waals surface area contributed by atoms with Crippen LogP contribution in [0.1, 0.15) is 5.56 Å². The summed E-state index contributed by atoms with van der Waals surface area (Å²) in [7, 11) is -3.10. The van der Waals surface area contributed by atoms with Gasteiger partial charge in [-0.25, -0.2) is 18.4 Å². The van der Waals surface area contributed by atoms with Crippen LogP contribution in [0.3, 0.4) is 0 Å². The molecule has 2 heterocycles. The van der Waals surface area contributed by atoms with Gasteiger partial charge in [-0.3, -0.25) is 0 Å². The average molecular weight is 291 g/mol. The van der Waals surface area contributed by atoms with Gasteiger partial charge in [0.25, 0.3) is 0 Å². The molecule has 0 radical (unpaired) electrons. The van der Waals surface area contributed by atoms with Gasteiger partial charge in [0, 0.05) is 31.7 Å². The van der Waals surface area contributed by atoms with Crippen LogP contribution < -0.4 is 4.90 Å². The third-order valence-electron chi connectivity index (χ3n) is 3.00. The Morgan fingerprint density at radius 2 is 1.83 bits per heavy atom. The van der Waals surface area contributed by atoms with Gasteiger partial charge in [0.1, 0.15) is 17.3 Å². The quantitative estimate of drug-likeness (QED) is 0.743. The first kappa shape index (κ1) is 13.5. The summed E-state index contributed by atoms with van der Waals surface area (Å²) in [6, 6.07) is 0. The molecular formula is C10H15ClN4O2S. The lowest BCUT2D eigenvalue weighted by Gasteiger charge is -2.34. The van der Waals surface area contributed by atoms with Crippen molar-refractivity contribution >= 4 is 27.4 Å². The smallest absolute Gasteiger partial charge is 0.211 e. The van der Waals surface area contributed by atoms with E-state index in [1.807, 2.05) is 11.8 Å². The van der Waals surface area contributed by atoms with Gasteiger partial charge >= 0.3 is 0 Å². The summed E-state index contributed by atoms with van der Waals surface area (Å²) in [5.41, 5.74) is 0.826. The highest BCUT2D eigenvalue weighted by Gasteiger charge is 2.25. The monoisotopic (exact) mass is 290 g/mol. The molecule has 0 amide bonds. The molecule has 2 rings (SSSR count). The van der Waals surface area contributed by atoms with Gasteiger partial charge in [0.15, 0.2) is 0 Å². The van der Waals surface area contributed by atoms with E-state index in [-0.39, 0.29) is 0 Å². The lowest BCUT2D eigenvalue weighted by Crippen LogP contribution is -2.48. The van der Waals surface area contributed by atoms with Crippen LogP contribution in [0.15, 0.2) is 6.33 Å². The maximum Gasteiger partial charge on any atom is 0.211 e. The molecule has 0 spiro atoms. The zero-order valence-electron chi connectivity index (χ0n) is 10.3. The predicted octanol–water partition coefficient (Wildman–Crippen LogP) is 0.520. The van der Waals surface area contributed by atoms with Gasteiger partial charge in [0.05, 0.1) is 6.26 Å². The van der Waals surface area contributed by atoms with Crippen LogP contribution >= 0.6 is 11.6 Å². The van der Waals surface area contributed by atoms with Crippen molar-refractivity contribution in [2.24, 2.45) is 0 Å². The molecule has 1 aromatic rings. The van der Waals surface area contributed by atoms with Gasteiger partial charge in [-0.1, -0.05) is 11.6 Å². The van der Waals surface area contributed by atoms with Crippen LogP contribution in [0, 0.1) is 6.92 Å². The number of aromatic nitrogens is 2. The lowest BCUT2D eigenvalue weighted by atomic mass is 10.3. The Kier molecular flexibility index (Phi) is 3.74. The number of nitrogens with zero attached hydrogens (tertiary/aromatic N) is 4. The second-order valence-electron chi connectivity index (χ2n) is 4.26. The normalized spacial score (nSPS) is 18.1. The van der Waals surface area contributed by atoms with Crippen LogP contribution in [0.25, 0.3) is 0 Å². The molecule has 0 saturated carbocycles. The fraction of sp³-hybridized carbons (Fsp3) is 0.600. The summed E-state index contributed by atoms with van der Waals surface area (Å²) in [5, 5.41) is 0.436. The van der Waals surface area contributed by atoms with E-state index in [1.165, 1.54) is 16.9 Å². The number of piperazine rings is 1. The third kappa shape index (κ3) is 2.73. The Balaban J connectivity index is 2.13. The average Bonchev–Trinajstić information content (AvgIpc) is 2.32. The molecule has 6 nitrogen and oxygen atoms in total. The van der Waals surface area contributed by atoms with Crippen LogP contribution in [-0.4, -0.2) is 55.1 Å². The van der Waals surface area contributed by atoms with Crippen LogP contribution in [0.4, 0.5) is 5.82 Å². The first-order valence-corrected chi connectivity index (χ1v) is 7.79. The summed E-state index contributed by atoms with van der Waals surface area (Å²) in [5.74, 6) is 0.781. The highest BCUT2D eigenvalue weighted by Crippen LogP contribution is 2.23. The van der Waals surface area contributed by atoms with E-state index in [2.05, 4.69) is 9.97 Å². The Labute approximate surface area is 112 Å². The molecule has 100 valence electrons. The largest absolute Gasteiger partial charge is 0.354 e. The highest BCUT2D eigenvalue weighted by molar-refractivity contribution is 7.88. The third-order valence-corrected chi connectivity index (χ3v) is 4.69. The van der Waals surface area contributed by atoms with E-state index >= 15 is 0 Å². The van der Waals surface area contributed by atoms with E-state index in [9.17, 15) is 8.42 Å². The van der Waals surface area contributed by atoms with Crippen molar-refractivity contribution in [1.82, 2.24) is 14.3 Å². The van der Waals surface area contributed by atoms with E-state index < -0.39 is 10.0 Å². The van der Waals surface area contributed by atoms with E-state index in [0.717, 1.165) is 11.4 Å². The Morgan fingerprint density at radius 1 is 1.22 bits per heavy atom. The number of hydrogen-bond donors (Lipinski definition) is 0. The van der Waals surface area contributed by atoms with Crippen LogP contribution in [0.5, 0.6) is 0 Å². The molecule has 0 aromatic carbocycles. The first-order valence-electron chi connectivity index (χ1n) is 5.57. The van der Waals surface area contributed by atoms with Crippen molar-refractivity contribution in [3.05, 3.63) is 17.0 Å². The Hall–Kier alpha value is -0.920. The zero-order valence-corrected chi connectivity index (χ0v) is 11.9. The predicted molar refractivity (Wildman–Crippen MR) is 70.4 cm³/mol. The van der Waals surface area contributed by atoms with E-state index in [4.69, 9.17) is 11.6 Å². The summed E-state index contributed by atoms with van der Waals surface area (Å²) < 4.78 is 24.3. The fourth-order valence-corrected chi connectivity index (χ4v) is 2.93. The summed E-state index contributed by atoms with van der Waals surface area (Å²) >= 11 is 5.95. The Bertz CT molecular complexity index is 541. The molecule has 8 heteroatoms. The standard InChI is InChI=1S/C10H15ClN4O2S/c1-8-9(11)12-7-13-10(8)14-3-5-15(6-4-14)18(2,16)17/h7H,3-6H2,1-2H3. The molecule has 0 aliphatic carbocycles. The fourth-order valence-electron chi connectivity index (χ4n) is 1.97. The zero-order chi connectivity index (χ0) is 13.3. The minimum Gasteiger partial charge on any atom is -0.354 e. The summed E-state index contributed by atoms with van der Waals surface area (Å²) in [6.07, 6.45) is 2.66. The van der Waals surface area contributed by atoms with E-state index in [0.29, 0.717) is 31.3 Å².